The SMILES string of the molecule is CC1Oc2ccc(NC(=O)/C=C/c3ccc(Cl)cc3Cl)cc2N(C)C1=O. The molecule has 1 N–H and O–H groups in total. The van der Waals surface area contributed by atoms with Gasteiger partial charge in [-0.1, -0.05) is 29.3 Å². The summed E-state index contributed by atoms with van der Waals surface area (Å²) in [6.45, 7) is 1.70. The maximum atomic E-state index is 12.2. The van der Waals surface area contributed by atoms with Crippen molar-refractivity contribution < 1.29 is 14.3 Å². The smallest absolute Gasteiger partial charge is 0.267 e. The number of hydrogen-bond donors (Lipinski definition) is 1. The highest BCUT2D eigenvalue weighted by Gasteiger charge is 2.28. The molecule has 0 bridgehead atoms. The highest BCUT2D eigenvalue weighted by atomic mass is 35.5. The molecular formula is C19H16Cl2N2O3. The molecule has 1 unspecified atom stereocenters. The first kappa shape index (κ1) is 18.3. The quantitative estimate of drug-likeness (QED) is 0.790. The summed E-state index contributed by atoms with van der Waals surface area (Å²) >= 11 is 11.9. The van der Waals surface area contributed by atoms with Crippen molar-refractivity contribution in [1.82, 2.24) is 0 Å². The van der Waals surface area contributed by atoms with Gasteiger partial charge in [-0.3, -0.25) is 9.59 Å². The highest BCUT2D eigenvalue weighted by molar-refractivity contribution is 6.35. The minimum absolute atomic E-state index is 0.141. The Morgan fingerprint density at radius 2 is 2.00 bits per heavy atom. The fraction of sp³-hybridized carbons (Fsp3) is 0.158. The first-order valence-corrected chi connectivity index (χ1v) is 8.63. The molecule has 0 spiro atoms. The zero-order valence-electron chi connectivity index (χ0n) is 14.1. The lowest BCUT2D eigenvalue weighted by atomic mass is 10.1. The molecule has 5 nitrogen and oxygen atoms in total. The second-order valence-corrected chi connectivity index (χ2v) is 6.67. The summed E-state index contributed by atoms with van der Waals surface area (Å²) in [4.78, 5) is 25.7. The lowest BCUT2D eigenvalue weighted by Crippen LogP contribution is -2.41. The number of rotatable bonds is 3. The molecule has 26 heavy (non-hydrogen) atoms. The second-order valence-electron chi connectivity index (χ2n) is 5.83. The number of nitrogens with one attached hydrogen (secondary N) is 1. The molecule has 0 radical (unpaired) electrons. The van der Waals surface area contributed by atoms with E-state index in [0.29, 0.717) is 32.7 Å². The molecule has 2 aromatic rings. The van der Waals surface area contributed by atoms with Crippen molar-refractivity contribution in [3.63, 3.8) is 0 Å². The minimum Gasteiger partial charge on any atom is -0.479 e. The van der Waals surface area contributed by atoms with E-state index in [2.05, 4.69) is 5.32 Å². The molecule has 1 aliphatic heterocycles. The van der Waals surface area contributed by atoms with Crippen LogP contribution in [0.4, 0.5) is 11.4 Å². The monoisotopic (exact) mass is 390 g/mol. The Morgan fingerprint density at radius 1 is 1.23 bits per heavy atom. The largest absolute Gasteiger partial charge is 0.479 e. The molecule has 7 heteroatoms. The van der Waals surface area contributed by atoms with Crippen molar-refractivity contribution in [1.29, 1.82) is 0 Å². The van der Waals surface area contributed by atoms with Crippen LogP contribution in [0.2, 0.25) is 10.0 Å². The van der Waals surface area contributed by atoms with Crippen molar-refractivity contribution in [3.05, 3.63) is 58.1 Å². The average Bonchev–Trinajstić information content (AvgIpc) is 2.60. The van der Waals surface area contributed by atoms with E-state index >= 15 is 0 Å². The van der Waals surface area contributed by atoms with Gasteiger partial charge in [0.15, 0.2) is 6.10 Å². The Labute approximate surface area is 161 Å². The van der Waals surface area contributed by atoms with Crippen LogP contribution in [0.5, 0.6) is 5.75 Å². The van der Waals surface area contributed by atoms with Gasteiger partial charge in [-0.15, -0.1) is 0 Å². The molecule has 1 aliphatic rings. The maximum absolute atomic E-state index is 12.2. The molecule has 1 heterocycles. The minimum atomic E-state index is -0.528. The number of benzene rings is 2. The molecule has 1 atom stereocenters. The van der Waals surface area contributed by atoms with Crippen molar-refractivity contribution in [2.75, 3.05) is 17.3 Å². The summed E-state index contributed by atoms with van der Waals surface area (Å²) in [5, 5.41) is 3.74. The molecular weight excluding hydrogens is 375 g/mol. The molecule has 0 saturated heterocycles. The van der Waals surface area contributed by atoms with Crippen LogP contribution in [0.1, 0.15) is 12.5 Å². The van der Waals surface area contributed by atoms with Gasteiger partial charge in [0.25, 0.3) is 5.91 Å². The van der Waals surface area contributed by atoms with E-state index in [-0.39, 0.29) is 11.8 Å². The molecule has 2 amide bonds. The van der Waals surface area contributed by atoms with Crippen LogP contribution in [-0.4, -0.2) is 25.0 Å². The highest BCUT2D eigenvalue weighted by Crippen LogP contribution is 2.35. The summed E-state index contributed by atoms with van der Waals surface area (Å²) in [6, 6.07) is 10.2. The van der Waals surface area contributed by atoms with Gasteiger partial charge < -0.3 is 15.0 Å². The van der Waals surface area contributed by atoms with Crippen molar-refractivity contribution in [2.45, 2.75) is 13.0 Å². The van der Waals surface area contributed by atoms with Gasteiger partial charge >= 0.3 is 0 Å². The molecule has 3 rings (SSSR count). The van der Waals surface area contributed by atoms with Crippen molar-refractivity contribution >= 4 is 52.5 Å². The predicted molar refractivity (Wildman–Crippen MR) is 104 cm³/mol. The van der Waals surface area contributed by atoms with Gasteiger partial charge in [0.1, 0.15) is 5.75 Å². The maximum Gasteiger partial charge on any atom is 0.267 e. The Balaban J connectivity index is 1.74. The summed E-state index contributed by atoms with van der Waals surface area (Å²) in [6.07, 6.45) is 2.45. The van der Waals surface area contributed by atoms with Crippen molar-refractivity contribution in [3.8, 4) is 5.75 Å². The number of carbonyl (C=O) groups is 2. The molecule has 0 aliphatic carbocycles. The van der Waals surface area contributed by atoms with Gasteiger partial charge in [0.05, 0.1) is 5.69 Å². The van der Waals surface area contributed by atoms with Crippen LogP contribution >= 0.6 is 23.2 Å². The van der Waals surface area contributed by atoms with Crippen LogP contribution in [0.15, 0.2) is 42.5 Å². The number of nitrogens with zero attached hydrogens (tertiary/aromatic N) is 1. The van der Waals surface area contributed by atoms with E-state index in [0.717, 1.165) is 0 Å². The fourth-order valence-electron chi connectivity index (χ4n) is 2.58. The van der Waals surface area contributed by atoms with Crippen LogP contribution < -0.4 is 15.0 Å². The number of fused-ring (bicyclic) bond motifs is 1. The number of carbonyl (C=O) groups excluding carboxylic acids is 2. The Morgan fingerprint density at radius 3 is 2.73 bits per heavy atom. The topological polar surface area (TPSA) is 58.6 Å². The first-order chi connectivity index (χ1) is 12.3. The second kappa shape index (κ2) is 7.40. The van der Waals surface area contributed by atoms with Crippen LogP contribution in [0, 0.1) is 0 Å². The first-order valence-electron chi connectivity index (χ1n) is 7.87. The number of likely N-dealkylation sites (N-methyl/N-ethyl adjacent to an activating group) is 1. The summed E-state index contributed by atoms with van der Waals surface area (Å²) in [7, 11) is 1.67. The summed E-state index contributed by atoms with van der Waals surface area (Å²) in [5.41, 5.74) is 1.85. The number of ether oxygens (including phenoxy) is 1. The van der Waals surface area contributed by atoms with E-state index in [1.807, 2.05) is 0 Å². The number of halogens is 2. The number of hydrogen-bond acceptors (Lipinski definition) is 3. The third kappa shape index (κ3) is 3.84. The van der Waals surface area contributed by atoms with Crippen molar-refractivity contribution in [2.24, 2.45) is 0 Å². The van der Waals surface area contributed by atoms with Gasteiger partial charge in [-0.05, 0) is 48.9 Å². The molecule has 2 aromatic carbocycles. The normalized spacial score (nSPS) is 16.4. The van der Waals surface area contributed by atoms with E-state index in [1.54, 1.807) is 56.4 Å². The van der Waals surface area contributed by atoms with Crippen LogP contribution in [-0.2, 0) is 9.59 Å². The lowest BCUT2D eigenvalue weighted by Gasteiger charge is -2.30. The fourth-order valence-corrected chi connectivity index (χ4v) is 3.05. The number of amides is 2. The molecule has 0 saturated carbocycles. The van der Waals surface area contributed by atoms with E-state index in [1.165, 1.54) is 11.0 Å². The molecule has 134 valence electrons. The van der Waals surface area contributed by atoms with Crippen LogP contribution in [0.3, 0.4) is 0 Å². The average molecular weight is 391 g/mol. The van der Waals surface area contributed by atoms with Gasteiger partial charge in [0, 0.05) is 28.9 Å². The van der Waals surface area contributed by atoms with Gasteiger partial charge in [0.2, 0.25) is 5.91 Å². The number of anilines is 2. The van der Waals surface area contributed by atoms with E-state index in [4.69, 9.17) is 27.9 Å². The van der Waals surface area contributed by atoms with E-state index < -0.39 is 6.10 Å². The summed E-state index contributed by atoms with van der Waals surface area (Å²) < 4.78 is 5.56. The van der Waals surface area contributed by atoms with E-state index in [9.17, 15) is 9.59 Å². The Kier molecular flexibility index (Phi) is 5.20. The lowest BCUT2D eigenvalue weighted by molar-refractivity contribution is -0.125. The Hall–Kier alpha value is -2.50. The predicted octanol–water partition coefficient (Wildman–Crippen LogP) is 4.39. The Bertz CT molecular complexity index is 912. The standard InChI is InChI=1S/C19H16Cl2N2O3/c1-11-19(25)23(2)16-10-14(6-7-17(16)26-11)22-18(24)8-4-12-3-5-13(20)9-15(12)21/h3-11H,1-2H3,(H,22,24)/b8-4+. The third-order valence-corrected chi connectivity index (χ3v) is 4.51. The molecule has 0 fully saturated rings. The zero-order chi connectivity index (χ0) is 18.8. The van der Waals surface area contributed by atoms with Gasteiger partial charge in [-0.25, -0.2) is 0 Å². The third-order valence-electron chi connectivity index (χ3n) is 3.95. The van der Waals surface area contributed by atoms with Crippen LogP contribution in [0.25, 0.3) is 6.08 Å². The summed E-state index contributed by atoms with van der Waals surface area (Å²) in [5.74, 6) is 0.134. The molecule has 0 aromatic heterocycles. The zero-order valence-corrected chi connectivity index (χ0v) is 15.6. The van der Waals surface area contributed by atoms with Gasteiger partial charge in [-0.2, -0.15) is 0 Å².